The van der Waals surface area contributed by atoms with Crippen LogP contribution >= 0.6 is 0 Å². The smallest absolute Gasteiger partial charge is 0.150 e. The van der Waals surface area contributed by atoms with Crippen LogP contribution in [0.15, 0.2) is 36.5 Å². The van der Waals surface area contributed by atoms with E-state index < -0.39 is 0 Å². The van der Waals surface area contributed by atoms with Crippen molar-refractivity contribution in [1.82, 2.24) is 9.78 Å². The number of aromatic nitrogens is 2. The summed E-state index contributed by atoms with van der Waals surface area (Å²) in [5, 5.41) is 13.3. The normalized spacial score (nSPS) is 11.9. The number of benzene rings is 1. The van der Waals surface area contributed by atoms with E-state index in [9.17, 15) is 0 Å². The third kappa shape index (κ3) is 2.35. The summed E-state index contributed by atoms with van der Waals surface area (Å²) >= 11 is 0. The molecular weight excluding hydrogens is 224 g/mol. The van der Waals surface area contributed by atoms with Gasteiger partial charge in [0.05, 0.1) is 17.7 Å². The van der Waals surface area contributed by atoms with Gasteiger partial charge >= 0.3 is 0 Å². The van der Waals surface area contributed by atoms with Gasteiger partial charge in [0.2, 0.25) is 0 Å². The van der Waals surface area contributed by atoms with Crippen LogP contribution in [0.2, 0.25) is 0 Å². The Morgan fingerprint density at radius 1 is 1.39 bits per heavy atom. The SMILES string of the molecule is CC(c1cccc(C#N)c1)N(C)c1ccn(C)n1. The minimum absolute atomic E-state index is 0.174. The van der Waals surface area contributed by atoms with Crippen molar-refractivity contribution in [2.45, 2.75) is 13.0 Å². The maximum Gasteiger partial charge on any atom is 0.150 e. The summed E-state index contributed by atoms with van der Waals surface area (Å²) in [6.07, 6.45) is 1.92. The van der Waals surface area contributed by atoms with Crippen LogP contribution in [0.5, 0.6) is 0 Å². The molecule has 1 aromatic heterocycles. The molecule has 0 spiro atoms. The van der Waals surface area contributed by atoms with E-state index in [-0.39, 0.29) is 6.04 Å². The molecule has 0 fully saturated rings. The highest BCUT2D eigenvalue weighted by molar-refractivity contribution is 5.42. The lowest BCUT2D eigenvalue weighted by atomic mass is 10.0. The first-order valence-electron chi connectivity index (χ1n) is 5.84. The fourth-order valence-electron chi connectivity index (χ4n) is 1.88. The summed E-state index contributed by atoms with van der Waals surface area (Å²) in [6.45, 7) is 2.10. The Balaban J connectivity index is 2.25. The molecule has 0 aliphatic carbocycles. The van der Waals surface area contributed by atoms with Gasteiger partial charge in [-0.25, -0.2) is 0 Å². The lowest BCUT2D eigenvalue weighted by molar-refractivity contribution is 0.700. The Morgan fingerprint density at radius 3 is 2.78 bits per heavy atom. The van der Waals surface area contributed by atoms with Gasteiger partial charge in [-0.05, 0) is 24.6 Å². The number of nitriles is 1. The molecule has 0 radical (unpaired) electrons. The van der Waals surface area contributed by atoms with Crippen molar-refractivity contribution in [3.8, 4) is 6.07 Å². The number of aryl methyl sites for hydroxylation is 1. The van der Waals surface area contributed by atoms with Crippen molar-refractivity contribution in [1.29, 1.82) is 5.26 Å². The van der Waals surface area contributed by atoms with E-state index in [1.54, 1.807) is 4.68 Å². The van der Waals surface area contributed by atoms with Crippen molar-refractivity contribution in [2.75, 3.05) is 11.9 Å². The molecule has 0 aliphatic heterocycles. The van der Waals surface area contributed by atoms with Gasteiger partial charge in [0.1, 0.15) is 0 Å². The standard InChI is InChI=1S/C14H16N4/c1-11(13-6-4-5-12(9-13)10-15)18(3)14-7-8-17(2)16-14/h4-9,11H,1-3H3. The van der Waals surface area contributed by atoms with E-state index in [1.165, 1.54) is 0 Å². The van der Waals surface area contributed by atoms with E-state index in [0.29, 0.717) is 5.56 Å². The lowest BCUT2D eigenvalue weighted by Crippen LogP contribution is -2.22. The van der Waals surface area contributed by atoms with E-state index in [2.05, 4.69) is 23.0 Å². The van der Waals surface area contributed by atoms with Crippen LogP contribution in [-0.4, -0.2) is 16.8 Å². The zero-order valence-electron chi connectivity index (χ0n) is 10.8. The molecule has 0 saturated carbocycles. The molecule has 92 valence electrons. The van der Waals surface area contributed by atoms with E-state index in [4.69, 9.17) is 5.26 Å². The minimum Gasteiger partial charge on any atom is -0.351 e. The quantitative estimate of drug-likeness (QED) is 0.828. The van der Waals surface area contributed by atoms with Crippen LogP contribution in [0.1, 0.15) is 24.1 Å². The summed E-state index contributed by atoms with van der Waals surface area (Å²) in [6, 6.07) is 12.0. The fourth-order valence-corrected chi connectivity index (χ4v) is 1.88. The molecule has 1 aromatic carbocycles. The van der Waals surface area contributed by atoms with Gasteiger partial charge in [-0.2, -0.15) is 10.4 Å². The lowest BCUT2D eigenvalue weighted by Gasteiger charge is -2.25. The average molecular weight is 240 g/mol. The Hall–Kier alpha value is -2.28. The van der Waals surface area contributed by atoms with Crippen molar-refractivity contribution >= 4 is 5.82 Å². The maximum absolute atomic E-state index is 8.92. The van der Waals surface area contributed by atoms with Gasteiger partial charge in [0.15, 0.2) is 5.82 Å². The molecule has 4 nitrogen and oxygen atoms in total. The third-order valence-corrected chi connectivity index (χ3v) is 3.14. The number of hydrogen-bond acceptors (Lipinski definition) is 3. The zero-order valence-corrected chi connectivity index (χ0v) is 10.8. The molecule has 0 N–H and O–H groups in total. The van der Waals surface area contributed by atoms with Crippen molar-refractivity contribution in [3.05, 3.63) is 47.7 Å². The highest BCUT2D eigenvalue weighted by Gasteiger charge is 2.14. The number of rotatable bonds is 3. The molecule has 1 atom stereocenters. The first kappa shape index (κ1) is 12.2. The van der Waals surface area contributed by atoms with Crippen LogP contribution in [0.4, 0.5) is 5.82 Å². The summed E-state index contributed by atoms with van der Waals surface area (Å²) < 4.78 is 1.78. The first-order chi connectivity index (χ1) is 8.61. The zero-order chi connectivity index (χ0) is 13.1. The largest absolute Gasteiger partial charge is 0.351 e. The highest BCUT2D eigenvalue weighted by atomic mass is 15.3. The van der Waals surface area contributed by atoms with E-state index in [1.807, 2.05) is 50.6 Å². The third-order valence-electron chi connectivity index (χ3n) is 3.14. The van der Waals surface area contributed by atoms with Crippen LogP contribution < -0.4 is 4.90 Å². The Kier molecular flexibility index (Phi) is 3.33. The van der Waals surface area contributed by atoms with Gasteiger partial charge < -0.3 is 4.90 Å². The predicted octanol–water partition coefficient (Wildman–Crippen LogP) is 2.49. The molecule has 18 heavy (non-hydrogen) atoms. The minimum atomic E-state index is 0.174. The number of nitrogens with zero attached hydrogens (tertiary/aromatic N) is 4. The van der Waals surface area contributed by atoms with Gasteiger partial charge in [0, 0.05) is 26.4 Å². The van der Waals surface area contributed by atoms with Crippen LogP contribution in [0, 0.1) is 11.3 Å². The van der Waals surface area contributed by atoms with Crippen LogP contribution in [-0.2, 0) is 7.05 Å². The first-order valence-corrected chi connectivity index (χ1v) is 5.84. The monoisotopic (exact) mass is 240 g/mol. The number of hydrogen-bond donors (Lipinski definition) is 0. The fraction of sp³-hybridized carbons (Fsp3) is 0.286. The molecule has 0 saturated heterocycles. The highest BCUT2D eigenvalue weighted by Crippen LogP contribution is 2.24. The van der Waals surface area contributed by atoms with Crippen molar-refractivity contribution in [2.24, 2.45) is 7.05 Å². The molecule has 1 heterocycles. The van der Waals surface area contributed by atoms with E-state index >= 15 is 0 Å². The number of anilines is 1. The molecule has 4 heteroatoms. The second kappa shape index (κ2) is 4.92. The summed E-state index contributed by atoms with van der Waals surface area (Å²) in [5.41, 5.74) is 1.80. The molecule has 2 aromatic rings. The average Bonchev–Trinajstić information content (AvgIpc) is 2.83. The topological polar surface area (TPSA) is 44.9 Å². The molecule has 0 aliphatic rings. The summed E-state index contributed by atoms with van der Waals surface area (Å²) in [4.78, 5) is 2.09. The Labute approximate surface area is 107 Å². The second-order valence-corrected chi connectivity index (χ2v) is 4.37. The van der Waals surface area contributed by atoms with Gasteiger partial charge in [-0.1, -0.05) is 12.1 Å². The Bertz CT molecular complexity index is 579. The molecular formula is C14H16N4. The van der Waals surface area contributed by atoms with Crippen molar-refractivity contribution < 1.29 is 0 Å². The molecule has 1 unspecified atom stereocenters. The van der Waals surface area contributed by atoms with Crippen LogP contribution in [0.3, 0.4) is 0 Å². The predicted molar refractivity (Wildman–Crippen MR) is 71.2 cm³/mol. The van der Waals surface area contributed by atoms with Gasteiger partial charge in [0.25, 0.3) is 0 Å². The molecule has 0 bridgehead atoms. The maximum atomic E-state index is 8.92. The Morgan fingerprint density at radius 2 is 2.17 bits per heavy atom. The summed E-state index contributed by atoms with van der Waals surface area (Å²) in [5.74, 6) is 0.923. The van der Waals surface area contributed by atoms with Crippen LogP contribution in [0.25, 0.3) is 0 Å². The van der Waals surface area contributed by atoms with E-state index in [0.717, 1.165) is 11.4 Å². The summed E-state index contributed by atoms with van der Waals surface area (Å²) in [7, 11) is 3.91. The second-order valence-electron chi connectivity index (χ2n) is 4.37. The molecule has 2 rings (SSSR count). The van der Waals surface area contributed by atoms with Gasteiger partial charge in [-0.3, -0.25) is 4.68 Å². The van der Waals surface area contributed by atoms with Gasteiger partial charge in [-0.15, -0.1) is 0 Å². The molecule has 0 amide bonds. The van der Waals surface area contributed by atoms with Crippen molar-refractivity contribution in [3.63, 3.8) is 0 Å².